The molecular weight excluding hydrogens is 192 g/mol. The van der Waals surface area contributed by atoms with Crippen LogP contribution in [0.25, 0.3) is 0 Å². The fourth-order valence-electron chi connectivity index (χ4n) is 1.53. The summed E-state index contributed by atoms with van der Waals surface area (Å²) < 4.78 is 41.2. The first-order valence-corrected chi connectivity index (χ1v) is 4.69. The Morgan fingerprint density at radius 2 is 2.33 bits per heavy atom. The summed E-state index contributed by atoms with van der Waals surface area (Å²) in [5, 5.41) is 2.86. The smallest absolute Gasteiger partial charge is 0.189 e. The summed E-state index contributed by atoms with van der Waals surface area (Å²) in [6.45, 7) is -1.30. The first kappa shape index (κ1) is 5.39. The van der Waals surface area contributed by atoms with Crippen LogP contribution in [-0.4, -0.2) is 31.6 Å². The van der Waals surface area contributed by atoms with E-state index >= 15 is 0 Å². The van der Waals surface area contributed by atoms with Gasteiger partial charge in [0.1, 0.15) is 12.4 Å². The van der Waals surface area contributed by atoms with E-state index in [1.54, 1.807) is 0 Å². The van der Waals surface area contributed by atoms with E-state index < -0.39 is 12.6 Å². The number of nitrogens with one attached hydrogen (secondary N) is 1. The van der Waals surface area contributed by atoms with Gasteiger partial charge in [-0.05, 0) is 12.1 Å². The maximum Gasteiger partial charge on any atom is 0.189 e. The molecule has 0 fully saturated rings. The van der Waals surface area contributed by atoms with E-state index in [-0.39, 0.29) is 25.2 Å². The third-order valence-electron chi connectivity index (χ3n) is 2.25. The molecule has 0 amide bonds. The van der Waals surface area contributed by atoms with Crippen molar-refractivity contribution in [2.45, 2.75) is 6.10 Å². The molecule has 78 valence electrons. The fraction of sp³-hybridized carbons (Fsp3) is 0.364. The highest BCUT2D eigenvalue weighted by atomic mass is 16.6. The molecule has 0 saturated heterocycles. The largest absolute Gasteiger partial charge is 0.485 e. The van der Waals surface area contributed by atoms with Gasteiger partial charge in [0.2, 0.25) is 0 Å². The van der Waals surface area contributed by atoms with Crippen LogP contribution in [0.5, 0.6) is 11.5 Å². The van der Waals surface area contributed by atoms with E-state index in [1.807, 2.05) is 0 Å². The summed E-state index contributed by atoms with van der Waals surface area (Å²) in [7, 11) is 0. The lowest BCUT2D eigenvalue weighted by Gasteiger charge is -2.26. The molecule has 1 aromatic carbocycles. The van der Waals surface area contributed by atoms with Crippen LogP contribution in [0.4, 0.5) is 0 Å². The fourth-order valence-corrected chi connectivity index (χ4v) is 1.53. The number of nitrogens with zero attached hydrogens (tertiary/aromatic N) is 1. The second-order valence-corrected chi connectivity index (χ2v) is 3.23. The Labute approximate surface area is 93.5 Å². The average molecular weight is 208 g/mol. The van der Waals surface area contributed by atoms with Gasteiger partial charge in [-0.2, -0.15) is 0 Å². The second-order valence-electron chi connectivity index (χ2n) is 3.23. The topological polar surface area (TPSA) is 42.8 Å². The molecule has 0 bridgehead atoms. The predicted molar refractivity (Wildman–Crippen MR) is 56.7 cm³/mol. The van der Waals surface area contributed by atoms with Gasteiger partial charge in [-0.3, -0.25) is 4.99 Å². The molecule has 15 heavy (non-hydrogen) atoms. The maximum atomic E-state index is 7.57. The summed E-state index contributed by atoms with van der Waals surface area (Å²) in [4.78, 5) is 3.91. The lowest BCUT2D eigenvalue weighted by Crippen LogP contribution is -2.42. The first-order chi connectivity index (χ1) is 8.94. The number of hydrogen-bond acceptors (Lipinski definition) is 4. The van der Waals surface area contributed by atoms with Crippen LogP contribution >= 0.6 is 0 Å². The van der Waals surface area contributed by atoms with Crippen molar-refractivity contribution in [1.82, 2.24) is 5.32 Å². The number of benzene rings is 1. The molecule has 2 aliphatic heterocycles. The van der Waals surface area contributed by atoms with Crippen molar-refractivity contribution < 1.29 is 15.0 Å². The zero-order chi connectivity index (χ0) is 13.6. The third kappa shape index (κ3) is 1.52. The van der Waals surface area contributed by atoms with Crippen LogP contribution in [-0.2, 0) is 0 Å². The van der Waals surface area contributed by atoms with Crippen LogP contribution in [0.1, 0.15) is 5.48 Å². The van der Waals surface area contributed by atoms with Gasteiger partial charge in [-0.25, -0.2) is 0 Å². The van der Waals surface area contributed by atoms with Crippen LogP contribution < -0.4 is 14.8 Å². The van der Waals surface area contributed by atoms with E-state index in [1.165, 1.54) is 12.1 Å². The minimum absolute atomic E-state index is 0.0552. The Morgan fingerprint density at radius 3 is 3.13 bits per heavy atom. The lowest BCUT2D eigenvalue weighted by molar-refractivity contribution is 0.133. The molecule has 1 unspecified atom stereocenters. The molecule has 0 saturated carbocycles. The minimum atomic E-state index is -1.62. The summed E-state index contributed by atoms with van der Waals surface area (Å²) in [5.41, 5.74) is 0. The van der Waals surface area contributed by atoms with Crippen molar-refractivity contribution in [2.24, 2.45) is 4.99 Å². The summed E-state index contributed by atoms with van der Waals surface area (Å²) >= 11 is 0. The molecule has 0 aromatic heterocycles. The standard InChI is InChI=1S/C11H12N2O2/c1-2-4-9-8(3-1)14-7-10(15-9)11-12-5-6-13-11/h1-4,10H,5-7H2,(H,12,13)/i1D,2D,5D2. The third-order valence-corrected chi connectivity index (χ3v) is 2.25. The van der Waals surface area contributed by atoms with Crippen LogP contribution in [0.2, 0.25) is 0 Å². The van der Waals surface area contributed by atoms with Crippen molar-refractivity contribution in [3.05, 3.63) is 24.2 Å². The van der Waals surface area contributed by atoms with E-state index in [0.717, 1.165) is 0 Å². The number of amidine groups is 1. The summed E-state index contributed by atoms with van der Waals surface area (Å²) in [6, 6.07) is 3.00. The lowest BCUT2D eigenvalue weighted by atomic mass is 10.2. The highest BCUT2D eigenvalue weighted by Crippen LogP contribution is 2.31. The minimum Gasteiger partial charge on any atom is -0.485 e. The van der Waals surface area contributed by atoms with E-state index in [0.29, 0.717) is 17.3 Å². The van der Waals surface area contributed by atoms with Gasteiger partial charge in [0, 0.05) is 6.54 Å². The van der Waals surface area contributed by atoms with Gasteiger partial charge < -0.3 is 14.8 Å². The summed E-state index contributed by atoms with van der Waals surface area (Å²) in [5.74, 6) is 1.23. The molecule has 1 aromatic rings. The van der Waals surface area contributed by atoms with Gasteiger partial charge in [0.05, 0.1) is 12.0 Å². The number of para-hydroxylation sites is 2. The Bertz CT molecular complexity index is 562. The van der Waals surface area contributed by atoms with E-state index in [4.69, 9.17) is 15.0 Å². The molecule has 2 heterocycles. The van der Waals surface area contributed by atoms with Crippen molar-refractivity contribution in [3.8, 4) is 11.5 Å². The molecule has 3 rings (SSSR count). The molecule has 0 spiro atoms. The molecule has 0 aliphatic carbocycles. The Kier molecular flexibility index (Phi) is 1.24. The number of aliphatic imine (C=N–C) groups is 1. The van der Waals surface area contributed by atoms with E-state index in [9.17, 15) is 0 Å². The molecule has 4 heteroatoms. The van der Waals surface area contributed by atoms with E-state index in [2.05, 4.69) is 10.3 Å². The Morgan fingerprint density at radius 1 is 1.47 bits per heavy atom. The first-order valence-electron chi connectivity index (χ1n) is 6.69. The predicted octanol–water partition coefficient (Wildman–Crippen LogP) is 0.828. The Balaban J connectivity index is 1.85. The van der Waals surface area contributed by atoms with Gasteiger partial charge in [-0.15, -0.1) is 0 Å². The summed E-state index contributed by atoms with van der Waals surface area (Å²) in [6.07, 6.45) is -0.513. The highest BCUT2D eigenvalue weighted by Gasteiger charge is 2.26. The Hall–Kier alpha value is -1.71. The number of fused-ring (bicyclic) bond motifs is 1. The van der Waals surface area contributed by atoms with Gasteiger partial charge >= 0.3 is 0 Å². The SMILES string of the molecule is [2H]c1cc2c(cc1[2H])OC(C1=NC([2H])([2H])CN1)CO2. The normalized spacial score (nSPS) is 30.4. The molecule has 0 radical (unpaired) electrons. The van der Waals surface area contributed by atoms with Gasteiger partial charge in [0.15, 0.2) is 17.6 Å². The average Bonchev–Trinajstić information content (AvgIpc) is 2.71. The van der Waals surface area contributed by atoms with Crippen molar-refractivity contribution >= 4 is 5.84 Å². The van der Waals surface area contributed by atoms with Gasteiger partial charge in [-0.1, -0.05) is 12.1 Å². The van der Waals surface area contributed by atoms with Crippen molar-refractivity contribution in [1.29, 1.82) is 0 Å². The molecule has 1 atom stereocenters. The molecule has 4 nitrogen and oxygen atoms in total. The maximum absolute atomic E-state index is 7.57. The van der Waals surface area contributed by atoms with Crippen molar-refractivity contribution in [3.63, 3.8) is 0 Å². The quantitative estimate of drug-likeness (QED) is 0.743. The molecule has 2 aliphatic rings. The zero-order valence-electron chi connectivity index (χ0n) is 11.9. The van der Waals surface area contributed by atoms with Crippen LogP contribution in [0, 0.1) is 0 Å². The molecule has 1 N–H and O–H groups in total. The van der Waals surface area contributed by atoms with Gasteiger partial charge in [0.25, 0.3) is 0 Å². The number of ether oxygens (including phenoxy) is 2. The van der Waals surface area contributed by atoms with Crippen LogP contribution in [0.15, 0.2) is 29.2 Å². The highest BCUT2D eigenvalue weighted by molar-refractivity contribution is 5.88. The molecular formula is C11H12N2O2. The second kappa shape index (κ2) is 3.46. The van der Waals surface area contributed by atoms with Crippen LogP contribution in [0.3, 0.4) is 0 Å². The number of rotatable bonds is 1. The number of hydrogen-bond donors (Lipinski definition) is 1. The van der Waals surface area contributed by atoms with Crippen molar-refractivity contribution in [2.75, 3.05) is 19.6 Å². The monoisotopic (exact) mass is 208 g/mol. The zero-order valence-corrected chi connectivity index (χ0v) is 7.91.